The third kappa shape index (κ3) is 3.52. The highest BCUT2D eigenvalue weighted by atomic mass is 32.1. The van der Waals surface area contributed by atoms with E-state index in [1.165, 1.54) is 12.8 Å². The number of pyridine rings is 1. The summed E-state index contributed by atoms with van der Waals surface area (Å²) in [6.07, 6.45) is 4.63. The lowest BCUT2D eigenvalue weighted by molar-refractivity contribution is -0.122. The number of hydrogen-bond donors (Lipinski definition) is 0. The maximum absolute atomic E-state index is 12.6. The second kappa shape index (κ2) is 7.21. The van der Waals surface area contributed by atoms with Crippen molar-refractivity contribution in [3.63, 3.8) is 0 Å². The molecule has 1 fully saturated rings. The Bertz CT molecular complexity index is 946. The predicted molar refractivity (Wildman–Crippen MR) is 104 cm³/mol. The number of hydrogen-bond acceptors (Lipinski definition) is 6. The van der Waals surface area contributed by atoms with E-state index >= 15 is 0 Å². The highest BCUT2D eigenvalue weighted by Gasteiger charge is 2.24. The van der Waals surface area contributed by atoms with Crippen LogP contribution >= 0.6 is 11.3 Å². The van der Waals surface area contributed by atoms with Crippen LogP contribution in [0.3, 0.4) is 0 Å². The monoisotopic (exact) mass is 366 g/mol. The summed E-state index contributed by atoms with van der Waals surface area (Å²) in [6.45, 7) is 6.04. The summed E-state index contributed by atoms with van der Waals surface area (Å²) < 4.78 is 0. The highest BCUT2D eigenvalue weighted by molar-refractivity contribution is 7.14. The van der Waals surface area contributed by atoms with Gasteiger partial charge in [-0.3, -0.25) is 14.7 Å². The van der Waals surface area contributed by atoms with Crippen molar-refractivity contribution >= 4 is 27.9 Å². The van der Waals surface area contributed by atoms with Crippen LogP contribution in [0.15, 0.2) is 30.5 Å². The normalized spacial score (nSPS) is 16.2. The molecule has 2 aromatic heterocycles. The van der Waals surface area contributed by atoms with Gasteiger partial charge in [0.15, 0.2) is 5.78 Å². The molecule has 1 aliphatic rings. The number of benzene rings is 1. The predicted octanol–water partition coefficient (Wildman–Crippen LogP) is 3.66. The molecule has 3 heterocycles. The molecule has 1 aromatic carbocycles. The summed E-state index contributed by atoms with van der Waals surface area (Å²) in [5.74, 6) is 0.245. The maximum Gasteiger partial charge on any atom is 0.155 e. The van der Waals surface area contributed by atoms with Gasteiger partial charge in [0, 0.05) is 22.8 Å². The average molecular weight is 366 g/mol. The zero-order chi connectivity index (χ0) is 18.1. The third-order valence-electron chi connectivity index (χ3n) is 5.06. The van der Waals surface area contributed by atoms with Crippen LogP contribution in [0.5, 0.6) is 0 Å². The molecule has 1 saturated heterocycles. The zero-order valence-corrected chi connectivity index (χ0v) is 15.9. The number of ketones is 1. The Kier molecular flexibility index (Phi) is 4.78. The van der Waals surface area contributed by atoms with Gasteiger partial charge in [0.2, 0.25) is 0 Å². The largest absolute Gasteiger partial charge is 0.298 e. The standard InChI is InChI=1S/C20H22N4OS/c1-13(24-7-3-4-8-24)19(25)11-18-10-17-9-15(5-6-16(17)12-21-18)20-23-22-14(2)26-20/h5-6,9-10,12-13H,3-4,7-8,11H2,1-2H3. The Morgan fingerprint density at radius 1 is 1.19 bits per heavy atom. The van der Waals surface area contributed by atoms with Crippen LogP contribution in [0.4, 0.5) is 0 Å². The van der Waals surface area contributed by atoms with Crippen LogP contribution in [0.25, 0.3) is 21.3 Å². The fourth-order valence-corrected chi connectivity index (χ4v) is 4.18. The number of nitrogens with zero attached hydrogens (tertiary/aromatic N) is 4. The lowest BCUT2D eigenvalue weighted by Gasteiger charge is -2.22. The molecule has 0 saturated carbocycles. The Morgan fingerprint density at radius 2 is 2.00 bits per heavy atom. The summed E-state index contributed by atoms with van der Waals surface area (Å²) in [4.78, 5) is 19.4. The molecule has 0 bridgehead atoms. The third-order valence-corrected chi connectivity index (χ3v) is 5.95. The van der Waals surface area contributed by atoms with E-state index in [0.717, 1.165) is 45.1 Å². The summed E-state index contributed by atoms with van der Waals surface area (Å²) in [5, 5.41) is 12.3. The van der Waals surface area contributed by atoms with Crippen LogP contribution in [0.1, 0.15) is 30.5 Å². The molecule has 134 valence electrons. The van der Waals surface area contributed by atoms with Crippen LogP contribution in [0, 0.1) is 6.92 Å². The molecule has 0 radical (unpaired) electrons. The van der Waals surface area contributed by atoms with Gasteiger partial charge in [-0.1, -0.05) is 23.5 Å². The highest BCUT2D eigenvalue weighted by Crippen LogP contribution is 2.27. The van der Waals surface area contributed by atoms with E-state index in [9.17, 15) is 4.79 Å². The second-order valence-corrected chi connectivity index (χ2v) is 8.11. The number of likely N-dealkylation sites (tertiary alicyclic amines) is 1. The van der Waals surface area contributed by atoms with Crippen LogP contribution < -0.4 is 0 Å². The first kappa shape index (κ1) is 17.2. The van der Waals surface area contributed by atoms with Crippen molar-refractivity contribution in [2.45, 2.75) is 39.2 Å². The van der Waals surface area contributed by atoms with Gasteiger partial charge < -0.3 is 0 Å². The molecular weight excluding hydrogens is 344 g/mol. The number of rotatable bonds is 5. The fraction of sp³-hybridized carbons (Fsp3) is 0.400. The van der Waals surface area contributed by atoms with Gasteiger partial charge in [0.1, 0.15) is 10.0 Å². The van der Waals surface area contributed by atoms with Crippen molar-refractivity contribution in [1.29, 1.82) is 0 Å². The van der Waals surface area contributed by atoms with Crippen molar-refractivity contribution in [2.24, 2.45) is 0 Å². The zero-order valence-electron chi connectivity index (χ0n) is 15.1. The van der Waals surface area contributed by atoms with Crippen LogP contribution in [0.2, 0.25) is 0 Å². The lowest BCUT2D eigenvalue weighted by Crippen LogP contribution is -2.37. The van der Waals surface area contributed by atoms with Gasteiger partial charge in [0.05, 0.1) is 12.5 Å². The van der Waals surface area contributed by atoms with Crippen molar-refractivity contribution < 1.29 is 4.79 Å². The van der Waals surface area contributed by atoms with Gasteiger partial charge in [-0.15, -0.1) is 10.2 Å². The second-order valence-electron chi connectivity index (χ2n) is 6.93. The minimum Gasteiger partial charge on any atom is -0.298 e. The Morgan fingerprint density at radius 3 is 2.73 bits per heavy atom. The number of carbonyl (C=O) groups excluding carboxylic acids is 1. The number of aromatic nitrogens is 3. The minimum atomic E-state index is -0.0225. The van der Waals surface area contributed by atoms with Gasteiger partial charge in [-0.25, -0.2) is 0 Å². The molecular formula is C20H22N4OS. The first-order chi connectivity index (χ1) is 12.6. The molecule has 0 spiro atoms. The van der Waals surface area contributed by atoms with Gasteiger partial charge in [-0.2, -0.15) is 0 Å². The van der Waals surface area contributed by atoms with Gasteiger partial charge in [-0.05, 0) is 57.3 Å². The van der Waals surface area contributed by atoms with Crippen molar-refractivity contribution in [1.82, 2.24) is 20.1 Å². The number of aryl methyl sites for hydroxylation is 1. The molecule has 1 aliphatic heterocycles. The summed E-state index contributed by atoms with van der Waals surface area (Å²) in [7, 11) is 0. The molecule has 1 atom stereocenters. The Hall–Kier alpha value is -2.18. The van der Waals surface area contributed by atoms with Crippen molar-refractivity contribution in [2.75, 3.05) is 13.1 Å². The van der Waals surface area contributed by atoms with Crippen molar-refractivity contribution in [3.05, 3.63) is 41.2 Å². The maximum atomic E-state index is 12.6. The summed E-state index contributed by atoms with van der Waals surface area (Å²) >= 11 is 1.58. The smallest absolute Gasteiger partial charge is 0.155 e. The van der Waals surface area contributed by atoms with Crippen LogP contribution in [-0.2, 0) is 11.2 Å². The summed E-state index contributed by atoms with van der Waals surface area (Å²) in [5.41, 5.74) is 1.89. The molecule has 0 N–H and O–H groups in total. The molecule has 1 unspecified atom stereocenters. The SMILES string of the molecule is Cc1nnc(-c2ccc3cnc(CC(=O)C(C)N4CCCC4)cc3c2)s1. The van der Waals surface area contributed by atoms with Crippen molar-refractivity contribution in [3.8, 4) is 10.6 Å². The molecule has 6 heteroatoms. The van der Waals surface area contributed by atoms with E-state index in [4.69, 9.17) is 0 Å². The molecule has 26 heavy (non-hydrogen) atoms. The molecule has 0 aliphatic carbocycles. The molecule has 4 rings (SSSR count). The summed E-state index contributed by atoms with van der Waals surface area (Å²) in [6, 6.07) is 8.21. The molecule has 5 nitrogen and oxygen atoms in total. The lowest BCUT2D eigenvalue weighted by atomic mass is 10.0. The van der Waals surface area contributed by atoms with Gasteiger partial charge in [0.25, 0.3) is 0 Å². The topological polar surface area (TPSA) is 59.0 Å². The van der Waals surface area contributed by atoms with E-state index in [1.807, 2.05) is 38.2 Å². The molecule has 0 amide bonds. The Balaban J connectivity index is 1.57. The first-order valence-corrected chi connectivity index (χ1v) is 9.88. The van der Waals surface area contributed by atoms with E-state index in [2.05, 4.69) is 26.1 Å². The van der Waals surface area contributed by atoms with Crippen LogP contribution in [-0.4, -0.2) is 45.0 Å². The average Bonchev–Trinajstić information content (AvgIpc) is 3.32. The van der Waals surface area contributed by atoms with Gasteiger partial charge >= 0.3 is 0 Å². The minimum absolute atomic E-state index is 0.0225. The fourth-order valence-electron chi connectivity index (χ4n) is 3.49. The van der Waals surface area contributed by atoms with E-state index in [0.29, 0.717) is 6.42 Å². The van der Waals surface area contributed by atoms with E-state index in [1.54, 1.807) is 11.3 Å². The first-order valence-electron chi connectivity index (χ1n) is 9.06. The van der Waals surface area contributed by atoms with E-state index < -0.39 is 0 Å². The number of Topliss-reactive ketones (excluding diaryl/α,β-unsaturated/α-hetero) is 1. The number of carbonyl (C=O) groups is 1. The quantitative estimate of drug-likeness (QED) is 0.690. The Labute approximate surface area is 157 Å². The van der Waals surface area contributed by atoms with E-state index in [-0.39, 0.29) is 11.8 Å². The molecule has 3 aromatic rings. The number of fused-ring (bicyclic) bond motifs is 1.